The molecule has 2 fully saturated rings. The van der Waals surface area contributed by atoms with Gasteiger partial charge in [-0.15, -0.1) is 11.3 Å². The van der Waals surface area contributed by atoms with Crippen LogP contribution in [0, 0.1) is 11.8 Å². The van der Waals surface area contributed by atoms with Gasteiger partial charge in [-0.2, -0.15) is 0 Å². The summed E-state index contributed by atoms with van der Waals surface area (Å²) in [5, 5.41) is 4.69. The third-order valence-corrected chi connectivity index (χ3v) is 6.31. The lowest BCUT2D eigenvalue weighted by molar-refractivity contribution is -0.126. The number of fused-ring (bicyclic) bond motifs is 5. The van der Waals surface area contributed by atoms with E-state index in [-0.39, 0.29) is 24.3 Å². The van der Waals surface area contributed by atoms with Crippen LogP contribution in [-0.4, -0.2) is 36.0 Å². The van der Waals surface area contributed by atoms with E-state index in [0.717, 1.165) is 0 Å². The number of benzene rings is 1. The van der Waals surface area contributed by atoms with Crippen LogP contribution in [0.4, 0.5) is 5.69 Å². The Kier molecular flexibility index (Phi) is 3.57. The van der Waals surface area contributed by atoms with E-state index in [4.69, 9.17) is 4.74 Å². The van der Waals surface area contributed by atoms with Gasteiger partial charge in [0.15, 0.2) is 0 Å². The molecule has 3 aliphatic rings. The van der Waals surface area contributed by atoms with E-state index in [2.05, 4.69) is 5.32 Å². The second-order valence-corrected chi connectivity index (χ2v) is 7.86. The summed E-state index contributed by atoms with van der Waals surface area (Å²) in [6, 6.07) is 12.5. The van der Waals surface area contributed by atoms with Gasteiger partial charge in [-0.05, 0) is 23.6 Å². The van der Waals surface area contributed by atoms with Crippen molar-refractivity contribution in [3.05, 3.63) is 64.9 Å². The molecular formula is C20H16N2O4S. The number of anilines is 1. The van der Waals surface area contributed by atoms with E-state index in [1.54, 1.807) is 30.3 Å². The fourth-order valence-corrected chi connectivity index (χ4v) is 4.89. The lowest BCUT2D eigenvalue weighted by Gasteiger charge is -2.29. The summed E-state index contributed by atoms with van der Waals surface area (Å²) in [7, 11) is 0. The molecule has 1 aromatic carbocycles. The van der Waals surface area contributed by atoms with E-state index in [1.807, 2.05) is 29.7 Å². The Morgan fingerprint density at radius 3 is 2.70 bits per heavy atom. The van der Waals surface area contributed by atoms with Crippen molar-refractivity contribution in [2.24, 2.45) is 11.8 Å². The summed E-state index contributed by atoms with van der Waals surface area (Å²) in [5.74, 6) is -1.88. The van der Waals surface area contributed by atoms with Gasteiger partial charge in [-0.25, -0.2) is 4.90 Å². The van der Waals surface area contributed by atoms with Crippen molar-refractivity contribution in [1.82, 2.24) is 5.32 Å². The molecule has 2 bridgehead atoms. The molecule has 7 heteroatoms. The zero-order valence-corrected chi connectivity index (χ0v) is 15.0. The fraction of sp³-hybridized carbons (Fsp3) is 0.250. The minimum absolute atomic E-state index is 0.152. The average molecular weight is 380 g/mol. The summed E-state index contributed by atoms with van der Waals surface area (Å²) in [6.45, 7) is 0.152. The van der Waals surface area contributed by atoms with Gasteiger partial charge in [0.05, 0.1) is 35.0 Å². The van der Waals surface area contributed by atoms with Gasteiger partial charge in [0.25, 0.3) is 5.91 Å². The van der Waals surface area contributed by atoms with E-state index < -0.39 is 23.5 Å². The van der Waals surface area contributed by atoms with Gasteiger partial charge in [-0.1, -0.05) is 36.4 Å². The van der Waals surface area contributed by atoms with Gasteiger partial charge < -0.3 is 10.1 Å². The molecule has 6 nitrogen and oxygen atoms in total. The van der Waals surface area contributed by atoms with Gasteiger partial charge in [-0.3, -0.25) is 14.4 Å². The number of ether oxygens (including phenoxy) is 1. The monoisotopic (exact) mass is 380 g/mol. The average Bonchev–Trinajstić information content (AvgIpc) is 3.44. The molecule has 136 valence electrons. The third-order valence-electron chi connectivity index (χ3n) is 5.44. The molecule has 4 heterocycles. The number of carbonyl (C=O) groups excluding carboxylic acids is 3. The van der Waals surface area contributed by atoms with E-state index in [0.29, 0.717) is 10.6 Å². The first kappa shape index (κ1) is 16.4. The fourth-order valence-electron chi connectivity index (χ4n) is 4.25. The molecule has 2 saturated heterocycles. The number of hydrogen-bond donors (Lipinski definition) is 1. The van der Waals surface area contributed by atoms with Gasteiger partial charge in [0.2, 0.25) is 11.8 Å². The second kappa shape index (κ2) is 5.87. The maximum absolute atomic E-state index is 13.1. The van der Waals surface area contributed by atoms with Gasteiger partial charge in [0.1, 0.15) is 5.60 Å². The Balaban J connectivity index is 1.42. The Morgan fingerprint density at radius 1 is 1.15 bits per heavy atom. The molecule has 0 spiro atoms. The normalized spacial score (nSPS) is 30.8. The summed E-state index contributed by atoms with van der Waals surface area (Å²) < 4.78 is 6.03. The maximum Gasteiger partial charge on any atom is 0.261 e. The molecule has 0 aliphatic carbocycles. The molecule has 1 aromatic heterocycles. The molecule has 3 amide bonds. The predicted octanol–water partition coefficient (Wildman–Crippen LogP) is 1.99. The molecule has 0 radical (unpaired) electrons. The Bertz CT molecular complexity index is 956. The maximum atomic E-state index is 13.1. The van der Waals surface area contributed by atoms with Crippen molar-refractivity contribution in [3.63, 3.8) is 0 Å². The van der Waals surface area contributed by atoms with Crippen LogP contribution in [0.25, 0.3) is 0 Å². The van der Waals surface area contributed by atoms with Crippen molar-refractivity contribution in [2.45, 2.75) is 11.7 Å². The number of imide groups is 1. The lowest BCUT2D eigenvalue weighted by Crippen LogP contribution is -2.48. The van der Waals surface area contributed by atoms with Crippen LogP contribution in [0.5, 0.6) is 0 Å². The van der Waals surface area contributed by atoms with Crippen molar-refractivity contribution in [3.8, 4) is 0 Å². The van der Waals surface area contributed by atoms with Crippen molar-refractivity contribution >= 4 is 34.7 Å². The molecule has 3 aliphatic heterocycles. The lowest BCUT2D eigenvalue weighted by atomic mass is 9.77. The number of amides is 3. The first-order chi connectivity index (χ1) is 13.1. The van der Waals surface area contributed by atoms with Gasteiger partial charge in [0, 0.05) is 0 Å². The third kappa shape index (κ3) is 2.32. The molecule has 1 N–H and O–H groups in total. The largest absolute Gasteiger partial charge is 0.360 e. The predicted molar refractivity (Wildman–Crippen MR) is 99.3 cm³/mol. The summed E-state index contributed by atoms with van der Waals surface area (Å²) in [6.07, 6.45) is 3.23. The van der Waals surface area contributed by atoms with Crippen LogP contribution < -0.4 is 10.2 Å². The number of para-hydroxylation sites is 1. The second-order valence-electron chi connectivity index (χ2n) is 6.91. The highest BCUT2D eigenvalue weighted by molar-refractivity contribution is 7.12. The van der Waals surface area contributed by atoms with E-state index >= 15 is 0 Å². The van der Waals surface area contributed by atoms with Crippen LogP contribution in [0.2, 0.25) is 0 Å². The molecule has 2 aromatic rings. The van der Waals surface area contributed by atoms with Crippen molar-refractivity contribution in [1.29, 1.82) is 0 Å². The number of nitrogens with one attached hydrogen (secondary N) is 1. The quantitative estimate of drug-likeness (QED) is 0.650. The minimum atomic E-state index is -0.974. The molecule has 0 unspecified atom stereocenters. The molecule has 27 heavy (non-hydrogen) atoms. The first-order valence-electron chi connectivity index (χ1n) is 8.72. The highest BCUT2D eigenvalue weighted by atomic mass is 32.1. The van der Waals surface area contributed by atoms with Crippen molar-refractivity contribution in [2.75, 3.05) is 11.4 Å². The molecule has 0 saturated carbocycles. The molecular weight excluding hydrogens is 364 g/mol. The number of hydrogen-bond acceptors (Lipinski definition) is 5. The topological polar surface area (TPSA) is 75.7 Å². The van der Waals surface area contributed by atoms with Crippen LogP contribution in [0.1, 0.15) is 9.67 Å². The summed E-state index contributed by atoms with van der Waals surface area (Å²) in [5.41, 5.74) is -0.405. The van der Waals surface area contributed by atoms with Crippen LogP contribution >= 0.6 is 11.3 Å². The standard InChI is InChI=1S/C20H16N2O4S/c23-17(14-7-4-10-27-14)21-11-20-9-8-13(26-20)15-16(20)19(25)22(18(15)24)12-5-2-1-3-6-12/h1-10,13,15-16H,11H2,(H,21,23)/t13-,15+,16-,20+/m0/s1. The minimum Gasteiger partial charge on any atom is -0.360 e. The van der Waals surface area contributed by atoms with Crippen molar-refractivity contribution < 1.29 is 19.1 Å². The zero-order chi connectivity index (χ0) is 18.6. The Morgan fingerprint density at radius 2 is 1.96 bits per heavy atom. The SMILES string of the molecule is O=C(NC[C@@]12C=C[C@H](O1)[C@H]1C(=O)N(c3ccccc3)C(=O)[C@H]12)c1cccs1. The van der Waals surface area contributed by atoms with Crippen LogP contribution in [-0.2, 0) is 14.3 Å². The smallest absolute Gasteiger partial charge is 0.261 e. The van der Waals surface area contributed by atoms with E-state index in [9.17, 15) is 14.4 Å². The van der Waals surface area contributed by atoms with Crippen LogP contribution in [0.15, 0.2) is 60.0 Å². The highest BCUT2D eigenvalue weighted by Gasteiger charge is 2.67. The Labute approximate surface area is 159 Å². The first-order valence-corrected chi connectivity index (χ1v) is 9.60. The zero-order valence-electron chi connectivity index (χ0n) is 14.2. The summed E-state index contributed by atoms with van der Waals surface area (Å²) >= 11 is 1.35. The van der Waals surface area contributed by atoms with Gasteiger partial charge >= 0.3 is 0 Å². The highest BCUT2D eigenvalue weighted by Crippen LogP contribution is 2.52. The Hall–Kier alpha value is -2.77. The number of nitrogens with zero attached hydrogens (tertiary/aromatic N) is 1. The van der Waals surface area contributed by atoms with Crippen LogP contribution in [0.3, 0.4) is 0 Å². The molecule has 5 rings (SSSR count). The number of rotatable bonds is 4. The summed E-state index contributed by atoms with van der Waals surface area (Å²) in [4.78, 5) is 40.3. The van der Waals surface area contributed by atoms with E-state index in [1.165, 1.54) is 16.2 Å². The molecule has 4 atom stereocenters. The number of thiophene rings is 1. The number of carbonyl (C=O) groups is 3.